The molecule has 1 rings (SSSR count). The summed E-state index contributed by atoms with van der Waals surface area (Å²) in [6, 6.07) is 8.36. The lowest BCUT2D eigenvalue weighted by molar-refractivity contribution is -0.119. The van der Waals surface area contributed by atoms with E-state index in [0.717, 1.165) is 16.9 Å². The van der Waals surface area contributed by atoms with Crippen molar-refractivity contribution in [3.8, 4) is 0 Å². The third-order valence-corrected chi connectivity index (χ3v) is 3.81. The van der Waals surface area contributed by atoms with Crippen molar-refractivity contribution in [3.63, 3.8) is 0 Å². The molecule has 1 aromatic carbocycles. The fourth-order valence-corrected chi connectivity index (χ4v) is 2.14. The predicted molar refractivity (Wildman–Crippen MR) is 77.7 cm³/mol. The minimum absolute atomic E-state index is 0.0535. The second-order valence-electron chi connectivity index (χ2n) is 4.52. The van der Waals surface area contributed by atoms with Gasteiger partial charge >= 0.3 is 0 Å². The van der Waals surface area contributed by atoms with Crippen LogP contribution in [0, 0.1) is 0 Å². The van der Waals surface area contributed by atoms with E-state index in [2.05, 4.69) is 12.2 Å². The summed E-state index contributed by atoms with van der Waals surface area (Å²) in [6.07, 6.45) is 0.958. The molecule has 2 atom stereocenters. The number of nitrogens with two attached hydrogens (primary N) is 1. The van der Waals surface area contributed by atoms with E-state index >= 15 is 0 Å². The SMILES string of the molecule is CCC(C)NC(=O)CSc1ccc(C(C)N)cc1. The Hall–Kier alpha value is -1.00. The monoisotopic (exact) mass is 266 g/mol. The molecule has 3 N–H and O–H groups in total. The minimum Gasteiger partial charge on any atom is -0.353 e. The maximum absolute atomic E-state index is 11.6. The van der Waals surface area contributed by atoms with Crippen molar-refractivity contribution < 1.29 is 4.79 Å². The van der Waals surface area contributed by atoms with Crippen molar-refractivity contribution in [1.29, 1.82) is 0 Å². The number of hydrogen-bond acceptors (Lipinski definition) is 3. The van der Waals surface area contributed by atoms with Gasteiger partial charge in [0.1, 0.15) is 0 Å². The summed E-state index contributed by atoms with van der Waals surface area (Å²) in [5, 5.41) is 2.95. The molecule has 3 nitrogen and oxygen atoms in total. The second-order valence-corrected chi connectivity index (χ2v) is 5.57. The Bertz CT molecular complexity index is 376. The molecule has 0 saturated carbocycles. The average Bonchev–Trinajstić information content (AvgIpc) is 2.36. The zero-order valence-corrected chi connectivity index (χ0v) is 12.1. The van der Waals surface area contributed by atoms with E-state index in [0.29, 0.717) is 5.75 Å². The Morgan fingerprint density at radius 1 is 1.33 bits per heavy atom. The number of carbonyl (C=O) groups is 1. The van der Waals surface area contributed by atoms with Gasteiger partial charge in [0.2, 0.25) is 5.91 Å². The third-order valence-electron chi connectivity index (χ3n) is 2.80. The van der Waals surface area contributed by atoms with Crippen molar-refractivity contribution in [2.75, 3.05) is 5.75 Å². The first-order chi connectivity index (χ1) is 8.52. The standard InChI is InChI=1S/C14H22N2OS/c1-4-10(2)16-14(17)9-18-13-7-5-12(6-8-13)11(3)15/h5-8,10-11H,4,9,15H2,1-3H3,(H,16,17). The molecule has 0 bridgehead atoms. The molecule has 1 aromatic rings. The first-order valence-electron chi connectivity index (χ1n) is 6.30. The smallest absolute Gasteiger partial charge is 0.230 e. The van der Waals surface area contributed by atoms with Crippen LogP contribution in [0.2, 0.25) is 0 Å². The van der Waals surface area contributed by atoms with Gasteiger partial charge in [0, 0.05) is 17.0 Å². The van der Waals surface area contributed by atoms with Crippen molar-refractivity contribution in [2.24, 2.45) is 5.73 Å². The fraction of sp³-hybridized carbons (Fsp3) is 0.500. The van der Waals surface area contributed by atoms with Gasteiger partial charge < -0.3 is 11.1 Å². The molecule has 0 fully saturated rings. The lowest BCUT2D eigenvalue weighted by Crippen LogP contribution is -2.33. The molecular weight excluding hydrogens is 244 g/mol. The molecule has 18 heavy (non-hydrogen) atoms. The van der Waals surface area contributed by atoms with Crippen LogP contribution in [0.25, 0.3) is 0 Å². The quantitative estimate of drug-likeness (QED) is 0.778. The van der Waals surface area contributed by atoms with Crippen LogP contribution in [-0.4, -0.2) is 17.7 Å². The highest BCUT2D eigenvalue weighted by Crippen LogP contribution is 2.20. The number of hydrogen-bond donors (Lipinski definition) is 2. The van der Waals surface area contributed by atoms with E-state index in [1.165, 1.54) is 0 Å². The Kier molecular flexibility index (Phi) is 6.22. The number of thioether (sulfide) groups is 1. The summed E-state index contributed by atoms with van der Waals surface area (Å²) in [5.74, 6) is 0.549. The topological polar surface area (TPSA) is 55.1 Å². The molecule has 100 valence electrons. The highest BCUT2D eigenvalue weighted by molar-refractivity contribution is 8.00. The van der Waals surface area contributed by atoms with Crippen LogP contribution in [0.15, 0.2) is 29.2 Å². The summed E-state index contributed by atoms with van der Waals surface area (Å²) in [4.78, 5) is 12.7. The normalized spacial score (nSPS) is 14.0. The van der Waals surface area contributed by atoms with Gasteiger partial charge in [-0.25, -0.2) is 0 Å². The largest absolute Gasteiger partial charge is 0.353 e. The Balaban J connectivity index is 2.41. The van der Waals surface area contributed by atoms with E-state index < -0.39 is 0 Å². The Morgan fingerprint density at radius 2 is 1.94 bits per heavy atom. The molecule has 0 spiro atoms. The van der Waals surface area contributed by atoms with E-state index in [1.807, 2.05) is 38.1 Å². The third kappa shape index (κ3) is 5.10. The lowest BCUT2D eigenvalue weighted by atomic mass is 10.1. The molecule has 2 unspecified atom stereocenters. The highest BCUT2D eigenvalue weighted by Gasteiger charge is 2.06. The summed E-state index contributed by atoms with van der Waals surface area (Å²) in [7, 11) is 0. The Labute approximate surface area is 114 Å². The summed E-state index contributed by atoms with van der Waals surface area (Å²) >= 11 is 1.55. The lowest BCUT2D eigenvalue weighted by Gasteiger charge is -2.11. The maximum Gasteiger partial charge on any atom is 0.230 e. The van der Waals surface area contributed by atoms with Gasteiger partial charge in [-0.1, -0.05) is 19.1 Å². The summed E-state index contributed by atoms with van der Waals surface area (Å²) in [6.45, 7) is 6.03. The maximum atomic E-state index is 11.6. The highest BCUT2D eigenvalue weighted by atomic mass is 32.2. The molecule has 0 radical (unpaired) electrons. The summed E-state index contributed by atoms with van der Waals surface area (Å²) < 4.78 is 0. The number of amides is 1. The van der Waals surface area contributed by atoms with E-state index in [4.69, 9.17) is 5.73 Å². The fourth-order valence-electron chi connectivity index (χ4n) is 1.44. The molecule has 4 heteroatoms. The van der Waals surface area contributed by atoms with Crippen molar-refractivity contribution in [2.45, 2.75) is 44.2 Å². The Morgan fingerprint density at radius 3 is 2.44 bits per heavy atom. The van der Waals surface area contributed by atoms with Crippen LogP contribution in [0.3, 0.4) is 0 Å². The van der Waals surface area contributed by atoms with Crippen LogP contribution in [-0.2, 0) is 4.79 Å². The van der Waals surface area contributed by atoms with Gasteiger partial charge in [0.05, 0.1) is 5.75 Å². The average molecular weight is 266 g/mol. The molecule has 0 aromatic heterocycles. The van der Waals surface area contributed by atoms with Crippen LogP contribution in [0.1, 0.15) is 38.8 Å². The number of benzene rings is 1. The second kappa shape index (κ2) is 7.44. The van der Waals surface area contributed by atoms with Crippen LogP contribution < -0.4 is 11.1 Å². The van der Waals surface area contributed by atoms with E-state index in [-0.39, 0.29) is 18.0 Å². The van der Waals surface area contributed by atoms with E-state index in [9.17, 15) is 4.79 Å². The van der Waals surface area contributed by atoms with Crippen molar-refractivity contribution in [1.82, 2.24) is 5.32 Å². The van der Waals surface area contributed by atoms with E-state index in [1.54, 1.807) is 11.8 Å². The molecular formula is C14H22N2OS. The zero-order chi connectivity index (χ0) is 13.5. The van der Waals surface area contributed by atoms with Crippen molar-refractivity contribution >= 4 is 17.7 Å². The van der Waals surface area contributed by atoms with Crippen LogP contribution in [0.5, 0.6) is 0 Å². The van der Waals surface area contributed by atoms with Gasteiger partial charge in [-0.15, -0.1) is 11.8 Å². The number of rotatable bonds is 6. The van der Waals surface area contributed by atoms with Gasteiger partial charge in [-0.05, 0) is 38.0 Å². The van der Waals surface area contributed by atoms with Crippen LogP contribution >= 0.6 is 11.8 Å². The molecule has 0 aliphatic carbocycles. The molecule has 0 heterocycles. The predicted octanol–water partition coefficient (Wildman–Crippen LogP) is 2.71. The summed E-state index contributed by atoms with van der Waals surface area (Å²) in [5.41, 5.74) is 6.90. The van der Waals surface area contributed by atoms with Gasteiger partial charge in [0.15, 0.2) is 0 Å². The number of carbonyl (C=O) groups excluding carboxylic acids is 1. The zero-order valence-electron chi connectivity index (χ0n) is 11.3. The van der Waals surface area contributed by atoms with Crippen molar-refractivity contribution in [3.05, 3.63) is 29.8 Å². The molecule has 1 amide bonds. The van der Waals surface area contributed by atoms with Gasteiger partial charge in [0.25, 0.3) is 0 Å². The molecule has 0 aliphatic rings. The van der Waals surface area contributed by atoms with Crippen LogP contribution in [0.4, 0.5) is 0 Å². The number of nitrogens with one attached hydrogen (secondary N) is 1. The minimum atomic E-state index is 0.0535. The first kappa shape index (κ1) is 15.1. The molecule has 0 aliphatic heterocycles. The van der Waals surface area contributed by atoms with Gasteiger partial charge in [-0.2, -0.15) is 0 Å². The molecule has 0 saturated heterocycles. The first-order valence-corrected chi connectivity index (χ1v) is 7.29. The van der Waals surface area contributed by atoms with Gasteiger partial charge in [-0.3, -0.25) is 4.79 Å².